The van der Waals surface area contributed by atoms with E-state index in [2.05, 4.69) is 11.4 Å². The smallest absolute Gasteiger partial charge is 0.303 e. The highest BCUT2D eigenvalue weighted by atomic mass is 16.4. The summed E-state index contributed by atoms with van der Waals surface area (Å²) in [6, 6.07) is 18.3. The minimum atomic E-state index is -0.881. The fourth-order valence-corrected chi connectivity index (χ4v) is 2.56. The van der Waals surface area contributed by atoms with E-state index in [0.717, 1.165) is 11.1 Å². The van der Waals surface area contributed by atoms with E-state index in [-0.39, 0.29) is 18.4 Å². The highest BCUT2D eigenvalue weighted by Crippen LogP contribution is 2.10. The number of carbonyl (C=O) groups excluding carboxylic acids is 1. The van der Waals surface area contributed by atoms with Gasteiger partial charge in [0.05, 0.1) is 12.5 Å². The maximum Gasteiger partial charge on any atom is 0.303 e. The maximum absolute atomic E-state index is 12.4. The second kappa shape index (κ2) is 9.24. The van der Waals surface area contributed by atoms with Crippen molar-refractivity contribution < 1.29 is 14.7 Å². The van der Waals surface area contributed by atoms with Crippen molar-refractivity contribution >= 4 is 11.9 Å². The maximum atomic E-state index is 12.4. The second-order valence-corrected chi connectivity index (χ2v) is 5.82. The highest BCUT2D eigenvalue weighted by molar-refractivity contribution is 5.94. The molecule has 0 aromatic heterocycles. The number of amides is 1. The van der Waals surface area contributed by atoms with E-state index in [1.165, 1.54) is 0 Å². The first-order chi connectivity index (χ1) is 12.1. The zero-order valence-electron chi connectivity index (χ0n) is 13.8. The van der Waals surface area contributed by atoms with Gasteiger partial charge < -0.3 is 10.4 Å². The lowest BCUT2D eigenvalue weighted by atomic mass is 10.0. The fraction of sp³-hybridized carbons (Fsp3) is 0.250. The molecule has 0 spiro atoms. The summed E-state index contributed by atoms with van der Waals surface area (Å²) in [6.07, 6.45) is 1.24. The van der Waals surface area contributed by atoms with Crippen molar-refractivity contribution in [3.8, 4) is 6.07 Å². The second-order valence-electron chi connectivity index (χ2n) is 5.82. The number of nitriles is 1. The lowest BCUT2D eigenvalue weighted by Crippen LogP contribution is -2.36. The van der Waals surface area contributed by atoms with Crippen LogP contribution >= 0.6 is 0 Å². The van der Waals surface area contributed by atoms with Crippen LogP contribution in [0.3, 0.4) is 0 Å². The number of aliphatic carboxylic acids is 1. The first-order valence-corrected chi connectivity index (χ1v) is 8.11. The molecule has 2 N–H and O–H groups in total. The molecular formula is C20H20N2O3. The molecule has 0 saturated carbocycles. The monoisotopic (exact) mass is 336 g/mol. The molecule has 25 heavy (non-hydrogen) atoms. The van der Waals surface area contributed by atoms with Gasteiger partial charge in [0, 0.05) is 18.0 Å². The van der Waals surface area contributed by atoms with Gasteiger partial charge in [-0.15, -0.1) is 0 Å². The summed E-state index contributed by atoms with van der Waals surface area (Å²) in [6.45, 7) is 0. The van der Waals surface area contributed by atoms with Crippen LogP contribution in [-0.4, -0.2) is 23.0 Å². The van der Waals surface area contributed by atoms with E-state index in [1.807, 2.05) is 30.3 Å². The van der Waals surface area contributed by atoms with Crippen molar-refractivity contribution in [2.24, 2.45) is 0 Å². The van der Waals surface area contributed by atoms with E-state index in [9.17, 15) is 9.59 Å². The zero-order valence-corrected chi connectivity index (χ0v) is 13.8. The molecule has 5 heteroatoms. The molecule has 0 bridgehead atoms. The van der Waals surface area contributed by atoms with Gasteiger partial charge in [-0.05, 0) is 36.1 Å². The van der Waals surface area contributed by atoms with Crippen molar-refractivity contribution in [1.29, 1.82) is 5.26 Å². The number of nitrogens with one attached hydrogen (secondary N) is 1. The summed E-state index contributed by atoms with van der Waals surface area (Å²) in [7, 11) is 0. The fourth-order valence-electron chi connectivity index (χ4n) is 2.56. The lowest BCUT2D eigenvalue weighted by molar-refractivity contribution is -0.137. The van der Waals surface area contributed by atoms with Crippen LogP contribution in [0.5, 0.6) is 0 Å². The SMILES string of the molecule is N#CCc1ccc(C(=O)NC(CCC(=O)O)Cc2ccccc2)cc1. The number of rotatable bonds is 8. The predicted molar refractivity (Wildman–Crippen MR) is 94.0 cm³/mol. The number of hydrogen-bond acceptors (Lipinski definition) is 3. The normalized spacial score (nSPS) is 11.3. The van der Waals surface area contributed by atoms with Crippen LogP contribution in [0.2, 0.25) is 0 Å². The van der Waals surface area contributed by atoms with Crippen molar-refractivity contribution in [3.63, 3.8) is 0 Å². The third-order valence-corrected chi connectivity index (χ3v) is 3.87. The van der Waals surface area contributed by atoms with Gasteiger partial charge in [-0.1, -0.05) is 42.5 Å². The van der Waals surface area contributed by atoms with Crippen LogP contribution in [0.1, 0.15) is 34.3 Å². The van der Waals surface area contributed by atoms with Crippen molar-refractivity contribution in [1.82, 2.24) is 5.32 Å². The molecule has 5 nitrogen and oxygen atoms in total. The van der Waals surface area contributed by atoms with Gasteiger partial charge in [0.25, 0.3) is 5.91 Å². The topological polar surface area (TPSA) is 90.2 Å². The van der Waals surface area contributed by atoms with Gasteiger partial charge in [0.15, 0.2) is 0 Å². The lowest BCUT2D eigenvalue weighted by Gasteiger charge is -2.18. The summed E-state index contributed by atoms with van der Waals surface area (Å²) in [5, 5.41) is 20.5. The van der Waals surface area contributed by atoms with Crippen LogP contribution < -0.4 is 5.32 Å². The molecule has 2 rings (SSSR count). The molecule has 0 fully saturated rings. The number of carboxylic acid groups (broad SMARTS) is 1. The summed E-state index contributed by atoms with van der Waals surface area (Å²) in [4.78, 5) is 23.3. The predicted octanol–water partition coefficient (Wildman–Crippen LogP) is 2.96. The van der Waals surface area contributed by atoms with E-state index in [0.29, 0.717) is 24.8 Å². The number of nitrogens with zero attached hydrogens (tertiary/aromatic N) is 1. The molecule has 0 radical (unpaired) electrons. The van der Waals surface area contributed by atoms with Crippen LogP contribution in [0.15, 0.2) is 54.6 Å². The third kappa shape index (κ3) is 6.11. The molecule has 1 atom stereocenters. The van der Waals surface area contributed by atoms with E-state index in [4.69, 9.17) is 10.4 Å². The Bertz CT molecular complexity index is 749. The molecule has 0 aliphatic rings. The molecule has 0 saturated heterocycles. The van der Waals surface area contributed by atoms with E-state index >= 15 is 0 Å². The van der Waals surface area contributed by atoms with E-state index in [1.54, 1.807) is 24.3 Å². The Labute approximate surface area is 146 Å². The Morgan fingerprint density at radius 1 is 1.04 bits per heavy atom. The largest absolute Gasteiger partial charge is 0.481 e. The highest BCUT2D eigenvalue weighted by Gasteiger charge is 2.16. The first-order valence-electron chi connectivity index (χ1n) is 8.11. The molecular weight excluding hydrogens is 316 g/mol. The van der Waals surface area contributed by atoms with Crippen LogP contribution in [0.4, 0.5) is 0 Å². The number of benzene rings is 2. The Morgan fingerprint density at radius 2 is 1.72 bits per heavy atom. The number of carboxylic acids is 1. The minimum Gasteiger partial charge on any atom is -0.481 e. The van der Waals surface area contributed by atoms with Gasteiger partial charge in [-0.2, -0.15) is 5.26 Å². The Hall–Kier alpha value is -3.13. The van der Waals surface area contributed by atoms with Gasteiger partial charge in [-0.3, -0.25) is 9.59 Å². The minimum absolute atomic E-state index is 0.00110. The van der Waals surface area contributed by atoms with Gasteiger partial charge in [-0.25, -0.2) is 0 Å². The molecule has 0 aliphatic heterocycles. The van der Waals surface area contributed by atoms with Gasteiger partial charge in [0.2, 0.25) is 0 Å². The molecule has 0 heterocycles. The first kappa shape index (κ1) is 18.2. The standard InChI is InChI=1S/C20H20N2O3/c21-13-12-15-6-8-17(9-7-15)20(25)22-18(10-11-19(23)24)14-16-4-2-1-3-5-16/h1-9,18H,10-12,14H2,(H,22,25)(H,23,24). The Morgan fingerprint density at radius 3 is 2.32 bits per heavy atom. The quantitative estimate of drug-likeness (QED) is 0.775. The average Bonchev–Trinajstić information content (AvgIpc) is 2.61. The summed E-state index contributed by atoms with van der Waals surface area (Å²) in [5.74, 6) is -1.12. The van der Waals surface area contributed by atoms with E-state index < -0.39 is 5.97 Å². The summed E-state index contributed by atoms with van der Waals surface area (Å²) >= 11 is 0. The van der Waals surface area contributed by atoms with Crippen molar-refractivity contribution in [3.05, 3.63) is 71.3 Å². The van der Waals surface area contributed by atoms with Crippen LogP contribution in [0, 0.1) is 11.3 Å². The number of carbonyl (C=O) groups is 2. The third-order valence-electron chi connectivity index (χ3n) is 3.87. The van der Waals surface area contributed by atoms with Gasteiger partial charge in [0.1, 0.15) is 0 Å². The molecule has 1 unspecified atom stereocenters. The summed E-state index contributed by atoms with van der Waals surface area (Å²) in [5.41, 5.74) is 2.39. The molecule has 2 aromatic carbocycles. The van der Waals surface area contributed by atoms with Crippen molar-refractivity contribution in [2.45, 2.75) is 31.7 Å². The molecule has 128 valence electrons. The van der Waals surface area contributed by atoms with Crippen molar-refractivity contribution in [2.75, 3.05) is 0 Å². The Balaban J connectivity index is 2.04. The molecule has 0 aliphatic carbocycles. The average molecular weight is 336 g/mol. The van der Waals surface area contributed by atoms with Crippen LogP contribution in [-0.2, 0) is 17.6 Å². The zero-order chi connectivity index (χ0) is 18.1. The Kier molecular flexibility index (Phi) is 6.73. The number of hydrogen-bond donors (Lipinski definition) is 2. The molecule has 2 aromatic rings. The summed E-state index contributed by atoms with van der Waals surface area (Å²) < 4.78 is 0. The molecule has 1 amide bonds. The van der Waals surface area contributed by atoms with Crippen LogP contribution in [0.25, 0.3) is 0 Å². The van der Waals surface area contributed by atoms with Gasteiger partial charge >= 0.3 is 5.97 Å².